The SMILES string of the molecule is COc1ccccc1NS(=O)(=O)c1cccc(C(=O)N2CCCC(C)C2)c1. The molecule has 1 N–H and O–H groups in total. The third-order valence-corrected chi connectivity index (χ3v) is 6.05. The van der Waals surface area contributed by atoms with Crippen LogP contribution in [0.2, 0.25) is 0 Å². The van der Waals surface area contributed by atoms with E-state index in [4.69, 9.17) is 4.74 Å². The molecule has 0 spiro atoms. The first kappa shape index (κ1) is 19.2. The number of para-hydroxylation sites is 2. The Kier molecular flexibility index (Phi) is 5.70. The fourth-order valence-electron chi connectivity index (χ4n) is 3.29. The number of ether oxygens (including phenoxy) is 1. The Morgan fingerprint density at radius 2 is 1.96 bits per heavy atom. The number of sulfonamides is 1. The van der Waals surface area contributed by atoms with Crippen molar-refractivity contribution < 1.29 is 17.9 Å². The number of carbonyl (C=O) groups excluding carboxylic acids is 1. The van der Waals surface area contributed by atoms with Crippen molar-refractivity contribution in [1.29, 1.82) is 0 Å². The predicted molar refractivity (Wildman–Crippen MR) is 105 cm³/mol. The van der Waals surface area contributed by atoms with Crippen LogP contribution in [0.1, 0.15) is 30.1 Å². The van der Waals surface area contributed by atoms with Gasteiger partial charge in [0.2, 0.25) is 0 Å². The van der Waals surface area contributed by atoms with Crippen molar-refractivity contribution in [3.63, 3.8) is 0 Å². The number of nitrogens with zero attached hydrogens (tertiary/aromatic N) is 1. The van der Waals surface area contributed by atoms with Crippen molar-refractivity contribution in [2.45, 2.75) is 24.7 Å². The van der Waals surface area contributed by atoms with E-state index in [-0.39, 0.29) is 10.8 Å². The number of methoxy groups -OCH3 is 1. The number of rotatable bonds is 5. The topological polar surface area (TPSA) is 75.7 Å². The van der Waals surface area contributed by atoms with E-state index in [0.29, 0.717) is 36.0 Å². The Morgan fingerprint density at radius 1 is 1.19 bits per heavy atom. The first-order valence-electron chi connectivity index (χ1n) is 8.96. The van der Waals surface area contributed by atoms with Gasteiger partial charge in [-0.15, -0.1) is 0 Å². The lowest BCUT2D eigenvalue weighted by atomic mass is 9.99. The second kappa shape index (κ2) is 8.00. The summed E-state index contributed by atoms with van der Waals surface area (Å²) in [6.07, 6.45) is 2.08. The zero-order valence-corrected chi connectivity index (χ0v) is 16.3. The molecule has 0 aliphatic carbocycles. The summed E-state index contributed by atoms with van der Waals surface area (Å²) in [5.74, 6) is 0.758. The van der Waals surface area contributed by atoms with E-state index in [9.17, 15) is 13.2 Å². The number of piperidine rings is 1. The molecule has 1 aliphatic heterocycles. The third kappa shape index (κ3) is 4.42. The molecule has 1 unspecified atom stereocenters. The zero-order chi connectivity index (χ0) is 19.4. The average Bonchev–Trinajstić information content (AvgIpc) is 2.67. The molecule has 1 atom stereocenters. The quantitative estimate of drug-likeness (QED) is 0.852. The average molecular weight is 388 g/mol. The lowest BCUT2D eigenvalue weighted by molar-refractivity contribution is 0.0683. The molecule has 7 heteroatoms. The largest absolute Gasteiger partial charge is 0.495 e. The lowest BCUT2D eigenvalue weighted by Gasteiger charge is -2.31. The Morgan fingerprint density at radius 3 is 2.70 bits per heavy atom. The highest BCUT2D eigenvalue weighted by Gasteiger charge is 2.24. The maximum atomic E-state index is 12.8. The molecule has 0 bridgehead atoms. The van der Waals surface area contributed by atoms with Gasteiger partial charge in [-0.2, -0.15) is 0 Å². The highest BCUT2D eigenvalue weighted by atomic mass is 32.2. The summed E-state index contributed by atoms with van der Waals surface area (Å²) >= 11 is 0. The van der Waals surface area contributed by atoms with Gasteiger partial charge in [0.15, 0.2) is 0 Å². The van der Waals surface area contributed by atoms with Crippen LogP contribution in [0, 0.1) is 5.92 Å². The van der Waals surface area contributed by atoms with Gasteiger partial charge in [-0.3, -0.25) is 9.52 Å². The van der Waals surface area contributed by atoms with Crippen LogP contribution in [-0.4, -0.2) is 39.4 Å². The fourth-order valence-corrected chi connectivity index (χ4v) is 4.40. The normalized spacial score (nSPS) is 17.4. The van der Waals surface area contributed by atoms with Crippen LogP contribution >= 0.6 is 0 Å². The minimum absolute atomic E-state index is 0.0457. The maximum absolute atomic E-state index is 12.8. The van der Waals surface area contributed by atoms with E-state index >= 15 is 0 Å². The standard InChI is InChI=1S/C20H24N2O4S/c1-15-7-6-12-22(14-15)20(23)16-8-5-9-17(13-16)27(24,25)21-18-10-3-4-11-19(18)26-2/h3-5,8-11,13,15,21H,6-7,12,14H2,1-2H3. The van der Waals surface area contributed by atoms with Crippen LogP contribution in [0.4, 0.5) is 5.69 Å². The molecule has 1 fully saturated rings. The van der Waals surface area contributed by atoms with Crippen LogP contribution in [-0.2, 0) is 10.0 Å². The number of likely N-dealkylation sites (tertiary alicyclic amines) is 1. The molecule has 0 aromatic heterocycles. The van der Waals surface area contributed by atoms with Gasteiger partial charge < -0.3 is 9.64 Å². The van der Waals surface area contributed by atoms with E-state index in [1.54, 1.807) is 41.3 Å². The molecular formula is C20H24N2O4S. The Labute approximate surface area is 160 Å². The number of anilines is 1. The second-order valence-electron chi connectivity index (χ2n) is 6.83. The molecule has 1 amide bonds. The molecule has 1 aliphatic rings. The monoisotopic (exact) mass is 388 g/mol. The molecule has 144 valence electrons. The molecule has 1 saturated heterocycles. The van der Waals surface area contributed by atoms with Crippen molar-refractivity contribution >= 4 is 21.6 Å². The van der Waals surface area contributed by atoms with Gasteiger partial charge in [0, 0.05) is 18.7 Å². The lowest BCUT2D eigenvalue weighted by Crippen LogP contribution is -2.39. The third-order valence-electron chi connectivity index (χ3n) is 4.69. The molecule has 3 rings (SSSR count). The van der Waals surface area contributed by atoms with Gasteiger partial charge in [0.05, 0.1) is 17.7 Å². The summed E-state index contributed by atoms with van der Waals surface area (Å²) in [5, 5.41) is 0. The Hall–Kier alpha value is -2.54. The van der Waals surface area contributed by atoms with Crippen molar-refractivity contribution in [3.8, 4) is 5.75 Å². The second-order valence-corrected chi connectivity index (χ2v) is 8.51. The van der Waals surface area contributed by atoms with Gasteiger partial charge in [-0.25, -0.2) is 8.42 Å². The summed E-state index contributed by atoms with van der Waals surface area (Å²) in [4.78, 5) is 14.6. The highest BCUT2D eigenvalue weighted by Crippen LogP contribution is 2.26. The van der Waals surface area contributed by atoms with Gasteiger partial charge in [0.1, 0.15) is 5.75 Å². The number of hydrogen-bond acceptors (Lipinski definition) is 4. The summed E-state index contributed by atoms with van der Waals surface area (Å²) in [6.45, 7) is 3.53. The van der Waals surface area contributed by atoms with E-state index in [1.165, 1.54) is 19.2 Å². The Balaban J connectivity index is 1.84. The summed E-state index contributed by atoms with van der Waals surface area (Å²) < 4.78 is 33.3. The van der Waals surface area contributed by atoms with Crippen LogP contribution < -0.4 is 9.46 Å². The van der Waals surface area contributed by atoms with Crippen molar-refractivity contribution in [2.75, 3.05) is 24.9 Å². The number of nitrogens with one attached hydrogen (secondary N) is 1. The van der Waals surface area contributed by atoms with Crippen molar-refractivity contribution in [2.24, 2.45) is 5.92 Å². The number of benzene rings is 2. The van der Waals surface area contributed by atoms with Gasteiger partial charge in [-0.1, -0.05) is 25.1 Å². The van der Waals surface area contributed by atoms with Crippen LogP contribution in [0.3, 0.4) is 0 Å². The molecule has 6 nitrogen and oxygen atoms in total. The highest BCUT2D eigenvalue weighted by molar-refractivity contribution is 7.92. The minimum Gasteiger partial charge on any atom is -0.495 e. The number of hydrogen-bond donors (Lipinski definition) is 1. The summed E-state index contributed by atoms with van der Waals surface area (Å²) in [7, 11) is -2.37. The van der Waals surface area contributed by atoms with Crippen LogP contribution in [0.15, 0.2) is 53.4 Å². The summed E-state index contributed by atoms with van der Waals surface area (Å²) in [6, 6.07) is 12.9. The minimum atomic E-state index is -3.84. The Bertz CT molecular complexity index is 927. The molecule has 2 aromatic rings. The fraction of sp³-hybridized carbons (Fsp3) is 0.350. The molecule has 1 heterocycles. The first-order valence-corrected chi connectivity index (χ1v) is 10.4. The summed E-state index contributed by atoms with van der Waals surface area (Å²) in [5.41, 5.74) is 0.730. The van der Waals surface area contributed by atoms with Crippen molar-refractivity contribution in [1.82, 2.24) is 4.90 Å². The van der Waals surface area contributed by atoms with Crippen LogP contribution in [0.25, 0.3) is 0 Å². The smallest absolute Gasteiger partial charge is 0.262 e. The predicted octanol–water partition coefficient (Wildman–Crippen LogP) is 3.37. The van der Waals surface area contributed by atoms with E-state index < -0.39 is 10.0 Å². The molecule has 2 aromatic carbocycles. The van der Waals surface area contributed by atoms with Gasteiger partial charge in [0.25, 0.3) is 15.9 Å². The van der Waals surface area contributed by atoms with E-state index in [2.05, 4.69) is 11.6 Å². The van der Waals surface area contributed by atoms with Gasteiger partial charge in [-0.05, 0) is 49.1 Å². The number of amides is 1. The first-order chi connectivity index (χ1) is 12.9. The maximum Gasteiger partial charge on any atom is 0.262 e. The zero-order valence-electron chi connectivity index (χ0n) is 15.5. The molecular weight excluding hydrogens is 364 g/mol. The van der Waals surface area contributed by atoms with Crippen LogP contribution in [0.5, 0.6) is 5.75 Å². The molecule has 27 heavy (non-hydrogen) atoms. The molecule has 0 saturated carbocycles. The van der Waals surface area contributed by atoms with Crippen molar-refractivity contribution in [3.05, 3.63) is 54.1 Å². The number of carbonyl (C=O) groups is 1. The molecule has 0 radical (unpaired) electrons. The van der Waals surface area contributed by atoms with E-state index in [1.807, 2.05) is 0 Å². The van der Waals surface area contributed by atoms with E-state index in [0.717, 1.165) is 12.8 Å². The van der Waals surface area contributed by atoms with Gasteiger partial charge >= 0.3 is 0 Å².